The Balaban J connectivity index is 2.27. The monoisotopic (exact) mass is 248 g/mol. The number of rotatable bonds is 4. The zero-order chi connectivity index (χ0) is 12.3. The number of thiazole rings is 1. The molecule has 2 aromatic rings. The molecule has 0 aliphatic carbocycles. The standard InChI is InChI=1S/C12H12N2O2S/c1-3-16-10-4-9(5-13-6-10)12(15)11-7-17-8(2)14-11/h4-7H,3H2,1-2H3. The Bertz CT molecular complexity index is 537. The minimum atomic E-state index is -0.122. The van der Waals surface area contributed by atoms with Gasteiger partial charge in [-0.05, 0) is 19.9 Å². The zero-order valence-electron chi connectivity index (χ0n) is 9.64. The summed E-state index contributed by atoms with van der Waals surface area (Å²) in [6.45, 7) is 4.31. The first kappa shape index (κ1) is 11.7. The lowest BCUT2D eigenvalue weighted by Crippen LogP contribution is -2.03. The largest absolute Gasteiger partial charge is 0.492 e. The lowest BCUT2D eigenvalue weighted by atomic mass is 10.1. The van der Waals surface area contributed by atoms with Crippen LogP contribution in [0.4, 0.5) is 0 Å². The molecule has 2 rings (SSSR count). The van der Waals surface area contributed by atoms with Gasteiger partial charge >= 0.3 is 0 Å². The van der Waals surface area contributed by atoms with E-state index in [2.05, 4.69) is 9.97 Å². The van der Waals surface area contributed by atoms with Crippen molar-refractivity contribution in [2.75, 3.05) is 6.61 Å². The molecule has 5 heteroatoms. The van der Waals surface area contributed by atoms with Crippen molar-refractivity contribution < 1.29 is 9.53 Å². The third-order valence-corrected chi connectivity index (χ3v) is 2.91. The van der Waals surface area contributed by atoms with Crippen molar-refractivity contribution in [1.82, 2.24) is 9.97 Å². The Hall–Kier alpha value is -1.75. The normalized spacial score (nSPS) is 10.2. The summed E-state index contributed by atoms with van der Waals surface area (Å²) < 4.78 is 5.31. The van der Waals surface area contributed by atoms with Gasteiger partial charge in [0.25, 0.3) is 0 Å². The molecule has 4 nitrogen and oxygen atoms in total. The Morgan fingerprint density at radius 2 is 2.29 bits per heavy atom. The molecule has 88 valence electrons. The van der Waals surface area contributed by atoms with Crippen LogP contribution in [-0.4, -0.2) is 22.4 Å². The van der Waals surface area contributed by atoms with Crippen LogP contribution in [0.3, 0.4) is 0 Å². The summed E-state index contributed by atoms with van der Waals surface area (Å²) in [7, 11) is 0. The van der Waals surface area contributed by atoms with E-state index in [4.69, 9.17) is 4.74 Å². The lowest BCUT2D eigenvalue weighted by Gasteiger charge is -2.03. The minimum absolute atomic E-state index is 0.122. The van der Waals surface area contributed by atoms with Crippen molar-refractivity contribution >= 4 is 17.1 Å². The van der Waals surface area contributed by atoms with E-state index in [9.17, 15) is 4.79 Å². The molecule has 0 N–H and O–H groups in total. The summed E-state index contributed by atoms with van der Waals surface area (Å²) in [4.78, 5) is 20.2. The lowest BCUT2D eigenvalue weighted by molar-refractivity contribution is 0.103. The number of hydrogen-bond acceptors (Lipinski definition) is 5. The van der Waals surface area contributed by atoms with Crippen molar-refractivity contribution in [3.8, 4) is 5.75 Å². The van der Waals surface area contributed by atoms with Crippen molar-refractivity contribution in [2.45, 2.75) is 13.8 Å². The molecule has 17 heavy (non-hydrogen) atoms. The first-order valence-corrected chi connectivity index (χ1v) is 6.13. The summed E-state index contributed by atoms with van der Waals surface area (Å²) >= 11 is 1.46. The minimum Gasteiger partial charge on any atom is -0.492 e. The first-order chi connectivity index (χ1) is 8.20. The predicted octanol–water partition coefficient (Wildman–Crippen LogP) is 2.48. The highest BCUT2D eigenvalue weighted by molar-refractivity contribution is 7.09. The van der Waals surface area contributed by atoms with E-state index in [0.717, 1.165) is 5.01 Å². The molecule has 2 aromatic heterocycles. The van der Waals surface area contributed by atoms with E-state index in [1.54, 1.807) is 17.6 Å². The van der Waals surface area contributed by atoms with Gasteiger partial charge in [0.1, 0.15) is 11.4 Å². The highest BCUT2D eigenvalue weighted by Crippen LogP contribution is 2.16. The molecule has 0 spiro atoms. The van der Waals surface area contributed by atoms with Crippen molar-refractivity contribution in [1.29, 1.82) is 0 Å². The fourth-order valence-electron chi connectivity index (χ4n) is 1.40. The van der Waals surface area contributed by atoms with Crippen LogP contribution in [0.5, 0.6) is 5.75 Å². The van der Waals surface area contributed by atoms with Crippen LogP contribution < -0.4 is 4.74 Å². The number of ether oxygens (including phenoxy) is 1. The summed E-state index contributed by atoms with van der Waals surface area (Å²) in [6, 6.07) is 1.69. The molecule has 0 aliphatic heterocycles. The molecule has 0 saturated carbocycles. The van der Waals surface area contributed by atoms with Gasteiger partial charge < -0.3 is 4.74 Å². The Morgan fingerprint density at radius 3 is 2.94 bits per heavy atom. The number of aromatic nitrogens is 2. The van der Waals surface area contributed by atoms with E-state index in [-0.39, 0.29) is 5.78 Å². The van der Waals surface area contributed by atoms with E-state index >= 15 is 0 Å². The maximum Gasteiger partial charge on any atom is 0.213 e. The smallest absolute Gasteiger partial charge is 0.213 e. The second kappa shape index (κ2) is 5.05. The molecule has 0 atom stereocenters. The van der Waals surface area contributed by atoms with Crippen LogP contribution in [0.1, 0.15) is 28.0 Å². The number of pyridine rings is 1. The highest BCUT2D eigenvalue weighted by atomic mass is 32.1. The Labute approximate surface area is 103 Å². The summed E-state index contributed by atoms with van der Waals surface area (Å²) in [5, 5.41) is 2.63. The van der Waals surface area contributed by atoms with E-state index in [0.29, 0.717) is 23.6 Å². The zero-order valence-corrected chi connectivity index (χ0v) is 10.5. The SMILES string of the molecule is CCOc1cncc(C(=O)c2csc(C)n2)c1. The summed E-state index contributed by atoms with van der Waals surface area (Å²) in [5.41, 5.74) is 0.962. The topological polar surface area (TPSA) is 52.1 Å². The van der Waals surface area contributed by atoms with E-state index in [1.165, 1.54) is 17.5 Å². The third-order valence-electron chi connectivity index (χ3n) is 2.14. The second-order valence-corrected chi connectivity index (χ2v) is 4.49. The molecule has 0 amide bonds. The number of aryl methyl sites for hydroxylation is 1. The van der Waals surface area contributed by atoms with Crippen molar-refractivity contribution in [2.24, 2.45) is 0 Å². The van der Waals surface area contributed by atoms with Gasteiger partial charge in [-0.1, -0.05) is 0 Å². The van der Waals surface area contributed by atoms with Gasteiger partial charge in [-0.15, -0.1) is 11.3 Å². The average Bonchev–Trinajstić information content (AvgIpc) is 2.76. The number of carbonyl (C=O) groups is 1. The fourth-order valence-corrected chi connectivity index (χ4v) is 2.00. The summed E-state index contributed by atoms with van der Waals surface area (Å²) in [6.07, 6.45) is 3.12. The molecule has 0 bridgehead atoms. The van der Waals surface area contributed by atoms with Crippen LogP contribution in [-0.2, 0) is 0 Å². The molecule has 0 radical (unpaired) electrons. The Morgan fingerprint density at radius 1 is 1.47 bits per heavy atom. The number of hydrogen-bond donors (Lipinski definition) is 0. The molecular formula is C12H12N2O2S. The van der Waals surface area contributed by atoms with Crippen molar-refractivity contribution in [3.05, 3.63) is 40.1 Å². The average molecular weight is 248 g/mol. The van der Waals surface area contributed by atoms with Gasteiger partial charge in [0.15, 0.2) is 0 Å². The Kier molecular flexibility index (Phi) is 3.49. The molecule has 0 unspecified atom stereocenters. The summed E-state index contributed by atoms with van der Waals surface area (Å²) in [5.74, 6) is 0.480. The molecule has 0 saturated heterocycles. The van der Waals surface area contributed by atoms with E-state index in [1.807, 2.05) is 13.8 Å². The molecular weight excluding hydrogens is 236 g/mol. The van der Waals surface area contributed by atoms with Gasteiger partial charge in [0, 0.05) is 17.1 Å². The highest BCUT2D eigenvalue weighted by Gasteiger charge is 2.13. The van der Waals surface area contributed by atoms with Gasteiger partial charge in [0.2, 0.25) is 5.78 Å². The first-order valence-electron chi connectivity index (χ1n) is 5.25. The number of nitrogens with zero attached hydrogens (tertiary/aromatic N) is 2. The predicted molar refractivity (Wildman–Crippen MR) is 65.7 cm³/mol. The third kappa shape index (κ3) is 2.68. The van der Waals surface area contributed by atoms with Gasteiger partial charge in [0.05, 0.1) is 17.8 Å². The number of ketones is 1. The maximum atomic E-state index is 12.1. The van der Waals surface area contributed by atoms with Crippen LogP contribution >= 0.6 is 11.3 Å². The van der Waals surface area contributed by atoms with Gasteiger partial charge in [-0.25, -0.2) is 4.98 Å². The van der Waals surface area contributed by atoms with Gasteiger partial charge in [-0.3, -0.25) is 9.78 Å². The molecule has 0 aliphatic rings. The van der Waals surface area contributed by atoms with Crippen LogP contribution in [0, 0.1) is 6.92 Å². The molecule has 2 heterocycles. The van der Waals surface area contributed by atoms with Gasteiger partial charge in [-0.2, -0.15) is 0 Å². The quantitative estimate of drug-likeness (QED) is 0.780. The fraction of sp³-hybridized carbons (Fsp3) is 0.250. The van der Waals surface area contributed by atoms with Crippen molar-refractivity contribution in [3.63, 3.8) is 0 Å². The molecule has 0 fully saturated rings. The molecule has 0 aromatic carbocycles. The van der Waals surface area contributed by atoms with Crippen LogP contribution in [0.15, 0.2) is 23.8 Å². The number of carbonyl (C=O) groups excluding carboxylic acids is 1. The van der Waals surface area contributed by atoms with Crippen LogP contribution in [0.2, 0.25) is 0 Å². The second-order valence-electron chi connectivity index (χ2n) is 3.42. The van der Waals surface area contributed by atoms with E-state index < -0.39 is 0 Å². The maximum absolute atomic E-state index is 12.1. The van der Waals surface area contributed by atoms with Crippen LogP contribution in [0.25, 0.3) is 0 Å².